The SMILES string of the molecule is O=C(CC1CCC(O[N+](=O)[O-])CC1)NC1CCNCC1. The minimum atomic E-state index is -0.713. The first-order valence-corrected chi connectivity index (χ1v) is 7.44. The number of carbonyl (C=O) groups is 1. The van der Waals surface area contributed by atoms with Crippen molar-refractivity contribution in [3.05, 3.63) is 10.1 Å². The Hall–Kier alpha value is -1.37. The molecule has 0 aromatic rings. The van der Waals surface area contributed by atoms with Crippen molar-refractivity contribution in [3.63, 3.8) is 0 Å². The zero-order valence-electron chi connectivity index (χ0n) is 11.7. The summed E-state index contributed by atoms with van der Waals surface area (Å²) in [5, 5.41) is 15.9. The second-order valence-corrected chi connectivity index (χ2v) is 5.77. The number of hydrogen-bond acceptors (Lipinski definition) is 5. The van der Waals surface area contributed by atoms with Gasteiger partial charge in [-0.2, -0.15) is 0 Å². The van der Waals surface area contributed by atoms with Gasteiger partial charge in [-0.05, 0) is 57.5 Å². The van der Waals surface area contributed by atoms with Crippen molar-refractivity contribution in [3.8, 4) is 0 Å². The highest BCUT2D eigenvalue weighted by Gasteiger charge is 2.26. The molecule has 1 aliphatic carbocycles. The molecular formula is C13H23N3O4. The summed E-state index contributed by atoms with van der Waals surface area (Å²) in [4.78, 5) is 26.8. The summed E-state index contributed by atoms with van der Waals surface area (Å²) < 4.78 is 0. The van der Waals surface area contributed by atoms with E-state index in [-0.39, 0.29) is 12.0 Å². The van der Waals surface area contributed by atoms with E-state index in [9.17, 15) is 14.9 Å². The quantitative estimate of drug-likeness (QED) is 0.581. The molecule has 2 rings (SSSR count). The predicted octanol–water partition coefficient (Wildman–Crippen LogP) is 1.01. The van der Waals surface area contributed by atoms with Crippen LogP contribution in [0.1, 0.15) is 44.9 Å². The number of hydrogen-bond donors (Lipinski definition) is 2. The second-order valence-electron chi connectivity index (χ2n) is 5.77. The molecule has 2 fully saturated rings. The van der Waals surface area contributed by atoms with Gasteiger partial charge in [0.1, 0.15) is 6.10 Å². The zero-order valence-corrected chi connectivity index (χ0v) is 11.7. The Bertz CT molecular complexity index is 337. The van der Waals surface area contributed by atoms with E-state index < -0.39 is 5.09 Å². The largest absolute Gasteiger partial charge is 0.353 e. The molecule has 0 atom stereocenters. The van der Waals surface area contributed by atoms with E-state index in [1.165, 1.54) is 0 Å². The van der Waals surface area contributed by atoms with Gasteiger partial charge in [0.25, 0.3) is 5.09 Å². The van der Waals surface area contributed by atoms with Gasteiger partial charge >= 0.3 is 0 Å². The van der Waals surface area contributed by atoms with Crippen LogP contribution in [0.3, 0.4) is 0 Å². The maximum absolute atomic E-state index is 12.0. The van der Waals surface area contributed by atoms with Gasteiger partial charge in [-0.3, -0.25) is 4.79 Å². The summed E-state index contributed by atoms with van der Waals surface area (Å²) >= 11 is 0. The standard InChI is InChI=1S/C13H23N3O4/c17-13(15-11-5-7-14-8-6-11)9-10-1-3-12(4-2-10)20-16(18)19/h10-12,14H,1-9H2,(H,15,17). The number of nitrogens with one attached hydrogen (secondary N) is 2. The Morgan fingerprint density at radius 3 is 2.45 bits per heavy atom. The fourth-order valence-electron chi connectivity index (χ4n) is 3.08. The summed E-state index contributed by atoms with van der Waals surface area (Å²) in [7, 11) is 0. The lowest BCUT2D eigenvalue weighted by Gasteiger charge is -2.28. The molecule has 1 aliphatic heterocycles. The van der Waals surface area contributed by atoms with Crippen LogP contribution < -0.4 is 10.6 Å². The maximum atomic E-state index is 12.0. The van der Waals surface area contributed by atoms with Crippen molar-refractivity contribution in [2.45, 2.75) is 57.1 Å². The third kappa shape index (κ3) is 4.96. The monoisotopic (exact) mass is 285 g/mol. The van der Waals surface area contributed by atoms with Crippen molar-refractivity contribution >= 4 is 5.91 Å². The van der Waals surface area contributed by atoms with Crippen molar-refractivity contribution in [2.75, 3.05) is 13.1 Å². The molecule has 2 N–H and O–H groups in total. The van der Waals surface area contributed by atoms with E-state index in [0.717, 1.165) is 38.8 Å². The molecule has 2 aliphatic rings. The summed E-state index contributed by atoms with van der Waals surface area (Å²) in [5.74, 6) is 0.457. The van der Waals surface area contributed by atoms with Crippen LogP contribution in [0, 0.1) is 16.0 Å². The molecule has 1 saturated heterocycles. The van der Waals surface area contributed by atoms with Crippen LogP contribution in [0.25, 0.3) is 0 Å². The molecule has 114 valence electrons. The minimum absolute atomic E-state index is 0.121. The average Bonchev–Trinajstić information content (AvgIpc) is 2.41. The highest BCUT2D eigenvalue weighted by atomic mass is 17.0. The Morgan fingerprint density at radius 2 is 1.85 bits per heavy atom. The molecule has 7 heteroatoms. The molecular weight excluding hydrogens is 262 g/mol. The number of rotatable bonds is 5. The van der Waals surface area contributed by atoms with Crippen LogP contribution in [0.4, 0.5) is 0 Å². The molecule has 1 amide bonds. The summed E-state index contributed by atoms with van der Waals surface area (Å²) in [5.41, 5.74) is 0. The Kier molecular flexibility index (Phi) is 5.58. The van der Waals surface area contributed by atoms with E-state index in [2.05, 4.69) is 15.5 Å². The van der Waals surface area contributed by atoms with E-state index in [0.29, 0.717) is 31.2 Å². The second kappa shape index (κ2) is 7.42. The molecule has 1 heterocycles. The lowest BCUT2D eigenvalue weighted by Crippen LogP contribution is -2.43. The maximum Gasteiger partial charge on any atom is 0.294 e. The van der Waals surface area contributed by atoms with E-state index in [4.69, 9.17) is 0 Å². The molecule has 0 aromatic carbocycles. The first-order chi connectivity index (χ1) is 9.63. The van der Waals surface area contributed by atoms with E-state index in [1.54, 1.807) is 0 Å². The van der Waals surface area contributed by atoms with Gasteiger partial charge in [0.15, 0.2) is 0 Å². The van der Waals surface area contributed by atoms with Gasteiger partial charge in [-0.15, -0.1) is 10.1 Å². The highest BCUT2D eigenvalue weighted by molar-refractivity contribution is 5.76. The molecule has 7 nitrogen and oxygen atoms in total. The number of nitrogens with zero attached hydrogens (tertiary/aromatic N) is 1. The van der Waals surface area contributed by atoms with Crippen molar-refractivity contribution in [1.82, 2.24) is 10.6 Å². The third-order valence-electron chi connectivity index (χ3n) is 4.21. The minimum Gasteiger partial charge on any atom is -0.353 e. The van der Waals surface area contributed by atoms with Gasteiger partial charge in [0.2, 0.25) is 5.91 Å². The molecule has 20 heavy (non-hydrogen) atoms. The third-order valence-corrected chi connectivity index (χ3v) is 4.21. The first kappa shape index (κ1) is 15.0. The van der Waals surface area contributed by atoms with Crippen molar-refractivity contribution in [1.29, 1.82) is 0 Å². The molecule has 0 radical (unpaired) electrons. The van der Waals surface area contributed by atoms with Crippen LogP contribution >= 0.6 is 0 Å². The van der Waals surface area contributed by atoms with Crippen LogP contribution in [-0.2, 0) is 9.63 Å². The Morgan fingerprint density at radius 1 is 1.20 bits per heavy atom. The average molecular weight is 285 g/mol. The zero-order chi connectivity index (χ0) is 14.4. The Balaban J connectivity index is 1.64. The van der Waals surface area contributed by atoms with Crippen LogP contribution in [-0.4, -0.2) is 36.2 Å². The van der Waals surface area contributed by atoms with Gasteiger partial charge in [0.05, 0.1) is 0 Å². The normalized spacial score (nSPS) is 27.8. The topological polar surface area (TPSA) is 93.5 Å². The molecule has 1 saturated carbocycles. The lowest BCUT2D eigenvalue weighted by molar-refractivity contribution is -0.769. The van der Waals surface area contributed by atoms with Gasteiger partial charge in [-0.25, -0.2) is 0 Å². The summed E-state index contributed by atoms with van der Waals surface area (Å²) in [6, 6.07) is 0.304. The molecule has 0 spiro atoms. The summed E-state index contributed by atoms with van der Waals surface area (Å²) in [6.07, 6.45) is 5.25. The smallest absolute Gasteiger partial charge is 0.294 e. The van der Waals surface area contributed by atoms with Crippen molar-refractivity contribution in [2.24, 2.45) is 5.92 Å². The van der Waals surface area contributed by atoms with Gasteiger partial charge in [-0.1, -0.05) is 0 Å². The fourth-order valence-corrected chi connectivity index (χ4v) is 3.08. The predicted molar refractivity (Wildman–Crippen MR) is 72.5 cm³/mol. The first-order valence-electron chi connectivity index (χ1n) is 7.44. The van der Waals surface area contributed by atoms with Crippen LogP contribution in [0.2, 0.25) is 0 Å². The number of carbonyl (C=O) groups excluding carboxylic acids is 1. The van der Waals surface area contributed by atoms with E-state index >= 15 is 0 Å². The highest BCUT2D eigenvalue weighted by Crippen LogP contribution is 2.28. The van der Waals surface area contributed by atoms with Crippen LogP contribution in [0.15, 0.2) is 0 Å². The van der Waals surface area contributed by atoms with Crippen molar-refractivity contribution < 1.29 is 14.7 Å². The van der Waals surface area contributed by atoms with Gasteiger partial charge in [0, 0.05) is 12.5 Å². The number of amides is 1. The lowest BCUT2D eigenvalue weighted by atomic mass is 9.85. The van der Waals surface area contributed by atoms with Gasteiger partial charge < -0.3 is 15.5 Å². The fraction of sp³-hybridized carbons (Fsp3) is 0.923. The summed E-state index contributed by atoms with van der Waals surface area (Å²) in [6.45, 7) is 1.93. The molecule has 0 bridgehead atoms. The van der Waals surface area contributed by atoms with Crippen LogP contribution in [0.5, 0.6) is 0 Å². The molecule has 0 unspecified atom stereocenters. The Labute approximate surface area is 118 Å². The van der Waals surface area contributed by atoms with E-state index in [1.807, 2.05) is 0 Å². The number of piperidine rings is 1. The molecule has 0 aromatic heterocycles.